The predicted molar refractivity (Wildman–Crippen MR) is 129 cm³/mol. The van der Waals surface area contributed by atoms with Gasteiger partial charge in [0.25, 0.3) is 0 Å². The third-order valence-electron chi connectivity index (χ3n) is 6.12. The summed E-state index contributed by atoms with van der Waals surface area (Å²) in [6, 6.07) is 17.4. The van der Waals surface area contributed by atoms with Gasteiger partial charge in [-0.3, -0.25) is 0 Å². The zero-order valence-electron chi connectivity index (χ0n) is 18.1. The fraction of sp³-hybridized carbons (Fsp3) is 0.185. The summed E-state index contributed by atoms with van der Waals surface area (Å²) in [5, 5.41) is 7.71. The second-order valence-corrected chi connectivity index (χ2v) is 9.42. The van der Waals surface area contributed by atoms with Gasteiger partial charge in [0.2, 0.25) is 0 Å². The minimum absolute atomic E-state index is 0.0776. The molecule has 0 aliphatic rings. The fourth-order valence-corrected chi connectivity index (χ4v) is 4.33. The summed E-state index contributed by atoms with van der Waals surface area (Å²) >= 11 is 0. The Morgan fingerprint density at radius 1 is 0.581 bits per heavy atom. The van der Waals surface area contributed by atoms with E-state index in [1.165, 1.54) is 21.9 Å². The second-order valence-electron chi connectivity index (χ2n) is 9.42. The molecule has 0 fully saturated rings. The van der Waals surface area contributed by atoms with E-state index in [9.17, 15) is 0 Å². The first-order valence-electron chi connectivity index (χ1n) is 10.6. The van der Waals surface area contributed by atoms with Gasteiger partial charge >= 0.3 is 0 Å². The first-order valence-corrected chi connectivity index (χ1v) is 10.6. The van der Waals surface area contributed by atoms with Crippen molar-refractivity contribution in [1.29, 1.82) is 0 Å². The van der Waals surface area contributed by atoms with Crippen LogP contribution in [-0.2, 0) is 5.41 Å². The van der Waals surface area contributed by atoms with E-state index >= 15 is 0 Å². The summed E-state index contributed by atoms with van der Waals surface area (Å²) in [5.41, 5.74) is 4.71. The van der Waals surface area contributed by atoms with E-state index in [1.807, 2.05) is 12.4 Å². The zero-order valence-corrected chi connectivity index (χ0v) is 18.1. The van der Waals surface area contributed by atoms with Crippen LogP contribution >= 0.6 is 0 Å². The van der Waals surface area contributed by atoms with Crippen molar-refractivity contribution in [3.8, 4) is 0 Å². The van der Waals surface area contributed by atoms with Crippen LogP contribution in [0.2, 0.25) is 0 Å². The Morgan fingerprint density at radius 2 is 1.16 bits per heavy atom. The standard InChI is InChI=1S/C27H22N4/c1-15-5-6-16-13-28-25-22(20(16)9-15)10-18-11-23-21-12-19(27(2,3)4)8-7-17(21)14-29-26(23)31-24(18)30-25/h5-14H,1-4H3. The summed E-state index contributed by atoms with van der Waals surface area (Å²) in [6.45, 7) is 8.82. The van der Waals surface area contributed by atoms with E-state index in [2.05, 4.69) is 86.2 Å². The van der Waals surface area contributed by atoms with Gasteiger partial charge in [0.1, 0.15) is 0 Å². The molecule has 4 heterocycles. The molecule has 0 radical (unpaired) electrons. The molecule has 4 nitrogen and oxygen atoms in total. The average Bonchev–Trinajstić information content (AvgIpc) is 2.75. The molecule has 0 N–H and O–H groups in total. The molecule has 0 aliphatic heterocycles. The number of nitrogens with zero attached hydrogens (tertiary/aromatic N) is 4. The molecule has 0 amide bonds. The van der Waals surface area contributed by atoms with Crippen molar-refractivity contribution in [1.82, 2.24) is 19.9 Å². The van der Waals surface area contributed by atoms with Gasteiger partial charge in [-0.1, -0.05) is 56.7 Å². The Labute approximate surface area is 180 Å². The van der Waals surface area contributed by atoms with Crippen LogP contribution in [0.3, 0.4) is 0 Å². The highest BCUT2D eigenvalue weighted by Gasteiger charge is 2.16. The summed E-state index contributed by atoms with van der Waals surface area (Å²) in [4.78, 5) is 18.8. The predicted octanol–water partition coefficient (Wildman–Crippen LogP) is 6.64. The maximum atomic E-state index is 4.81. The van der Waals surface area contributed by atoms with Gasteiger partial charge in [-0.05, 0) is 46.9 Å². The normalized spacial score (nSPS) is 12.5. The van der Waals surface area contributed by atoms with Crippen LogP contribution in [0.15, 0.2) is 60.9 Å². The van der Waals surface area contributed by atoms with Crippen molar-refractivity contribution >= 4 is 54.6 Å². The molecule has 0 atom stereocenters. The Balaban J connectivity index is 1.72. The van der Waals surface area contributed by atoms with E-state index in [1.54, 1.807) is 0 Å². The molecule has 6 aromatic rings. The second kappa shape index (κ2) is 6.17. The number of aryl methyl sites for hydroxylation is 1. The molecule has 0 bridgehead atoms. The van der Waals surface area contributed by atoms with Crippen LogP contribution < -0.4 is 0 Å². The van der Waals surface area contributed by atoms with Crippen LogP contribution in [0, 0.1) is 6.92 Å². The van der Waals surface area contributed by atoms with Crippen LogP contribution in [0.1, 0.15) is 31.9 Å². The molecule has 6 rings (SSSR count). The Bertz CT molecular complexity index is 1680. The van der Waals surface area contributed by atoms with Crippen LogP contribution in [0.25, 0.3) is 54.6 Å². The molecule has 0 aliphatic carbocycles. The molecular formula is C27H22N4. The summed E-state index contributed by atoms with van der Waals surface area (Å²) < 4.78 is 0. The van der Waals surface area contributed by atoms with Crippen molar-refractivity contribution in [2.75, 3.05) is 0 Å². The summed E-state index contributed by atoms with van der Waals surface area (Å²) in [6.07, 6.45) is 3.79. The van der Waals surface area contributed by atoms with Crippen molar-refractivity contribution < 1.29 is 0 Å². The highest BCUT2D eigenvalue weighted by molar-refractivity contribution is 6.11. The lowest BCUT2D eigenvalue weighted by atomic mass is 9.86. The lowest BCUT2D eigenvalue weighted by molar-refractivity contribution is 0.591. The highest BCUT2D eigenvalue weighted by Crippen LogP contribution is 2.32. The number of hydrogen-bond acceptors (Lipinski definition) is 4. The Kier molecular flexibility index (Phi) is 3.61. The van der Waals surface area contributed by atoms with Crippen LogP contribution in [-0.4, -0.2) is 19.9 Å². The van der Waals surface area contributed by atoms with Crippen LogP contribution in [0.4, 0.5) is 0 Å². The first kappa shape index (κ1) is 18.1. The smallest absolute Gasteiger partial charge is 0.164 e. The minimum atomic E-state index is 0.0776. The third-order valence-corrected chi connectivity index (χ3v) is 6.12. The molecule has 31 heavy (non-hydrogen) atoms. The largest absolute Gasteiger partial charge is 0.236 e. The van der Waals surface area contributed by atoms with E-state index in [4.69, 9.17) is 9.97 Å². The topological polar surface area (TPSA) is 51.6 Å². The van der Waals surface area contributed by atoms with Gasteiger partial charge < -0.3 is 0 Å². The monoisotopic (exact) mass is 402 g/mol. The maximum absolute atomic E-state index is 4.81. The molecule has 2 aromatic carbocycles. The number of aromatic nitrogens is 4. The van der Waals surface area contributed by atoms with E-state index in [-0.39, 0.29) is 5.41 Å². The molecule has 0 saturated carbocycles. The van der Waals surface area contributed by atoms with Gasteiger partial charge in [0.15, 0.2) is 16.9 Å². The van der Waals surface area contributed by atoms with E-state index in [0.29, 0.717) is 11.3 Å². The molecule has 150 valence electrons. The van der Waals surface area contributed by atoms with Gasteiger partial charge in [-0.25, -0.2) is 19.9 Å². The first-order chi connectivity index (χ1) is 14.9. The SMILES string of the molecule is Cc1ccc2cnc3nc4nc5ncc6ccc(C(C)(C)C)cc6c5cc4cc3c2c1. The van der Waals surface area contributed by atoms with Crippen molar-refractivity contribution in [2.45, 2.75) is 33.1 Å². The van der Waals surface area contributed by atoms with Crippen molar-refractivity contribution in [3.05, 3.63) is 72.1 Å². The van der Waals surface area contributed by atoms with Gasteiger partial charge in [-0.2, -0.15) is 0 Å². The fourth-order valence-electron chi connectivity index (χ4n) is 4.33. The molecule has 0 saturated heterocycles. The minimum Gasteiger partial charge on any atom is -0.236 e. The highest BCUT2D eigenvalue weighted by atomic mass is 14.9. The third kappa shape index (κ3) is 2.82. The van der Waals surface area contributed by atoms with Gasteiger partial charge in [-0.15, -0.1) is 0 Å². The summed E-state index contributed by atoms with van der Waals surface area (Å²) in [7, 11) is 0. The van der Waals surface area contributed by atoms with E-state index < -0.39 is 0 Å². The Hall–Kier alpha value is -3.66. The van der Waals surface area contributed by atoms with Crippen molar-refractivity contribution in [2.24, 2.45) is 0 Å². The number of pyridine rings is 4. The quantitative estimate of drug-likeness (QED) is 0.211. The molecule has 4 aromatic heterocycles. The number of fused-ring (bicyclic) bond motifs is 7. The maximum Gasteiger partial charge on any atom is 0.164 e. The van der Waals surface area contributed by atoms with Gasteiger partial charge in [0, 0.05) is 39.3 Å². The summed E-state index contributed by atoms with van der Waals surface area (Å²) in [5.74, 6) is 0. The number of hydrogen-bond donors (Lipinski definition) is 0. The molecule has 0 spiro atoms. The average molecular weight is 403 g/mol. The molecule has 4 heteroatoms. The van der Waals surface area contributed by atoms with Gasteiger partial charge in [0.05, 0.1) is 0 Å². The number of rotatable bonds is 0. The molecule has 0 unspecified atom stereocenters. The Morgan fingerprint density at radius 3 is 1.77 bits per heavy atom. The van der Waals surface area contributed by atoms with Crippen molar-refractivity contribution in [3.63, 3.8) is 0 Å². The molecular weight excluding hydrogens is 380 g/mol. The lowest BCUT2D eigenvalue weighted by Crippen LogP contribution is -2.10. The number of benzene rings is 2. The zero-order chi connectivity index (χ0) is 21.3. The van der Waals surface area contributed by atoms with Crippen LogP contribution in [0.5, 0.6) is 0 Å². The lowest BCUT2D eigenvalue weighted by Gasteiger charge is -2.19. The van der Waals surface area contributed by atoms with E-state index in [0.717, 1.165) is 32.6 Å².